The van der Waals surface area contributed by atoms with Crippen LogP contribution in [0.5, 0.6) is 5.75 Å². The lowest BCUT2D eigenvalue weighted by Gasteiger charge is -2.29. The number of anilines is 2. The zero-order valence-electron chi connectivity index (χ0n) is 16.2. The maximum Gasteiger partial charge on any atom is 0.255 e. The van der Waals surface area contributed by atoms with Crippen molar-refractivity contribution in [2.45, 2.75) is 19.9 Å². The first-order valence-corrected chi connectivity index (χ1v) is 9.86. The molecule has 1 aliphatic rings. The van der Waals surface area contributed by atoms with Gasteiger partial charge in [0.1, 0.15) is 18.1 Å². The number of ether oxygens (including phenoxy) is 1. The lowest BCUT2D eigenvalue weighted by atomic mass is 9.95. The number of hydrogen-bond donors (Lipinski definition) is 2. The Morgan fingerprint density at radius 1 is 1.21 bits per heavy atom. The number of carbonyl (C=O) groups excluding carboxylic acids is 1. The number of aromatic nitrogens is 3. The van der Waals surface area contributed by atoms with E-state index in [2.05, 4.69) is 36.6 Å². The van der Waals surface area contributed by atoms with Gasteiger partial charge in [0.2, 0.25) is 5.95 Å². The van der Waals surface area contributed by atoms with Crippen LogP contribution in [-0.2, 0) is 4.79 Å². The summed E-state index contributed by atoms with van der Waals surface area (Å²) < 4.78 is 8.09. The fourth-order valence-corrected chi connectivity index (χ4v) is 3.71. The topological polar surface area (TPSA) is 81.1 Å². The number of fused-ring (bicyclic) bond motifs is 1. The maximum atomic E-state index is 13.4. The van der Waals surface area contributed by atoms with Gasteiger partial charge in [-0.1, -0.05) is 34.1 Å². The molecule has 7 nitrogen and oxygen atoms in total. The van der Waals surface area contributed by atoms with E-state index in [0.29, 0.717) is 23.0 Å². The molecule has 0 saturated carbocycles. The van der Waals surface area contributed by atoms with Crippen molar-refractivity contribution in [3.05, 3.63) is 75.7 Å². The highest BCUT2D eigenvalue weighted by molar-refractivity contribution is 9.10. The third-order valence-electron chi connectivity index (χ3n) is 4.83. The zero-order valence-corrected chi connectivity index (χ0v) is 17.8. The molecule has 3 aromatic rings. The molecular formula is C21H20BrN5O2. The van der Waals surface area contributed by atoms with Gasteiger partial charge in [0.15, 0.2) is 0 Å². The fraction of sp³-hybridized carbons (Fsp3) is 0.190. The van der Waals surface area contributed by atoms with Crippen LogP contribution >= 0.6 is 15.9 Å². The Morgan fingerprint density at radius 3 is 2.69 bits per heavy atom. The lowest BCUT2D eigenvalue weighted by molar-refractivity contribution is -0.113. The molecular weight excluding hydrogens is 434 g/mol. The van der Waals surface area contributed by atoms with Crippen LogP contribution in [-0.4, -0.2) is 27.8 Å². The number of halogens is 1. The van der Waals surface area contributed by atoms with E-state index in [0.717, 1.165) is 21.3 Å². The lowest BCUT2D eigenvalue weighted by Crippen LogP contribution is -2.31. The van der Waals surface area contributed by atoms with E-state index < -0.39 is 6.04 Å². The number of rotatable bonds is 4. The third-order valence-corrected chi connectivity index (χ3v) is 5.36. The van der Waals surface area contributed by atoms with E-state index in [9.17, 15) is 4.79 Å². The minimum atomic E-state index is -0.405. The number of benzene rings is 2. The molecule has 0 saturated heterocycles. The monoisotopic (exact) mass is 453 g/mol. The highest BCUT2D eigenvalue weighted by atomic mass is 79.9. The van der Waals surface area contributed by atoms with Gasteiger partial charge in [-0.2, -0.15) is 10.1 Å². The molecule has 0 fully saturated rings. The molecule has 0 spiro atoms. The molecule has 1 atom stereocenters. The molecule has 2 aromatic carbocycles. The third kappa shape index (κ3) is 3.63. The Morgan fingerprint density at radius 2 is 1.97 bits per heavy atom. The highest BCUT2D eigenvalue weighted by Gasteiger charge is 2.33. The molecule has 2 N–H and O–H groups in total. The summed E-state index contributed by atoms with van der Waals surface area (Å²) in [6.45, 7) is 3.83. The number of nitrogens with zero attached hydrogens (tertiary/aromatic N) is 3. The predicted molar refractivity (Wildman–Crippen MR) is 115 cm³/mol. The number of amides is 1. The number of carbonyl (C=O) groups is 1. The van der Waals surface area contributed by atoms with Crippen molar-refractivity contribution in [1.29, 1.82) is 0 Å². The zero-order chi connectivity index (χ0) is 20.5. The Kier molecular flexibility index (Phi) is 5.10. The fourth-order valence-electron chi connectivity index (χ4n) is 3.45. The number of allylic oxidation sites excluding steroid dienone is 1. The average Bonchev–Trinajstić information content (AvgIpc) is 3.15. The summed E-state index contributed by atoms with van der Waals surface area (Å²) >= 11 is 3.46. The Balaban J connectivity index is 1.76. The Labute approximate surface area is 176 Å². The predicted octanol–water partition coefficient (Wildman–Crippen LogP) is 4.29. The smallest absolute Gasteiger partial charge is 0.255 e. The van der Waals surface area contributed by atoms with Crippen LogP contribution in [0.2, 0.25) is 0 Å². The van der Waals surface area contributed by atoms with Crippen LogP contribution in [0.4, 0.5) is 11.6 Å². The summed E-state index contributed by atoms with van der Waals surface area (Å²) in [6, 6.07) is 13.1. The van der Waals surface area contributed by atoms with Gasteiger partial charge in [-0.3, -0.25) is 4.79 Å². The van der Waals surface area contributed by atoms with Crippen molar-refractivity contribution in [2.24, 2.45) is 0 Å². The summed E-state index contributed by atoms with van der Waals surface area (Å²) in [6.07, 6.45) is 1.48. The average molecular weight is 454 g/mol. The van der Waals surface area contributed by atoms with E-state index in [-0.39, 0.29) is 5.91 Å². The van der Waals surface area contributed by atoms with Gasteiger partial charge in [0.05, 0.1) is 18.4 Å². The molecule has 148 valence electrons. The summed E-state index contributed by atoms with van der Waals surface area (Å²) in [5, 5.41) is 10.5. The van der Waals surface area contributed by atoms with Crippen LogP contribution in [0, 0.1) is 6.92 Å². The first-order chi connectivity index (χ1) is 14.0. The molecule has 8 heteroatoms. The van der Waals surface area contributed by atoms with E-state index >= 15 is 0 Å². The summed E-state index contributed by atoms with van der Waals surface area (Å²) in [4.78, 5) is 17.7. The summed E-state index contributed by atoms with van der Waals surface area (Å²) in [5.41, 5.74) is 3.87. The second-order valence-electron chi connectivity index (χ2n) is 6.80. The second-order valence-corrected chi connectivity index (χ2v) is 7.72. The SMILES string of the molecule is COc1ccc(C)cc1NC(=O)C1=C(C)Nc2ncnn2[C@H]1c1ccc(Br)cc1. The van der Waals surface area contributed by atoms with Crippen molar-refractivity contribution in [1.82, 2.24) is 14.8 Å². The molecule has 29 heavy (non-hydrogen) atoms. The number of nitrogens with one attached hydrogen (secondary N) is 2. The van der Waals surface area contributed by atoms with E-state index in [4.69, 9.17) is 4.74 Å². The van der Waals surface area contributed by atoms with Crippen LogP contribution in [0.15, 0.2) is 64.5 Å². The van der Waals surface area contributed by atoms with Gasteiger partial charge in [-0.15, -0.1) is 0 Å². The number of hydrogen-bond acceptors (Lipinski definition) is 5. The summed E-state index contributed by atoms with van der Waals surface area (Å²) in [5.74, 6) is 0.973. The van der Waals surface area contributed by atoms with Crippen LogP contribution in [0.1, 0.15) is 24.1 Å². The first kappa shape index (κ1) is 19.2. The minimum Gasteiger partial charge on any atom is -0.495 e. The van der Waals surface area contributed by atoms with Crippen molar-refractivity contribution >= 4 is 33.5 Å². The summed E-state index contributed by atoms with van der Waals surface area (Å²) in [7, 11) is 1.58. The Hall–Kier alpha value is -3.13. The number of methoxy groups -OCH3 is 1. The standard InChI is InChI=1S/C21H20BrN5O2/c1-12-4-9-17(29-3)16(10-12)26-20(28)18-13(2)25-21-23-11-24-27(21)19(18)14-5-7-15(22)8-6-14/h4-11,19H,1-3H3,(H,26,28)(H,23,24,25)/t19-/m0/s1. The maximum absolute atomic E-state index is 13.4. The first-order valence-electron chi connectivity index (χ1n) is 9.06. The normalized spacial score (nSPS) is 15.5. The molecule has 4 rings (SSSR count). The van der Waals surface area contributed by atoms with Gasteiger partial charge in [-0.25, -0.2) is 4.68 Å². The molecule has 1 aromatic heterocycles. The van der Waals surface area contributed by atoms with Crippen molar-refractivity contribution in [3.8, 4) is 5.75 Å². The van der Waals surface area contributed by atoms with Gasteiger partial charge in [0.25, 0.3) is 5.91 Å². The van der Waals surface area contributed by atoms with Gasteiger partial charge in [-0.05, 0) is 49.2 Å². The van der Waals surface area contributed by atoms with Gasteiger partial charge in [0, 0.05) is 10.2 Å². The molecule has 0 radical (unpaired) electrons. The number of aryl methyl sites for hydroxylation is 1. The minimum absolute atomic E-state index is 0.229. The van der Waals surface area contributed by atoms with Crippen LogP contribution < -0.4 is 15.4 Å². The molecule has 0 unspecified atom stereocenters. The van der Waals surface area contributed by atoms with Gasteiger partial charge >= 0.3 is 0 Å². The second kappa shape index (κ2) is 7.71. The largest absolute Gasteiger partial charge is 0.495 e. The van der Waals surface area contributed by atoms with Gasteiger partial charge < -0.3 is 15.4 Å². The van der Waals surface area contributed by atoms with Crippen molar-refractivity contribution in [3.63, 3.8) is 0 Å². The molecule has 0 bridgehead atoms. The molecule has 1 amide bonds. The van der Waals surface area contributed by atoms with E-state index in [1.165, 1.54) is 6.33 Å². The van der Waals surface area contributed by atoms with Crippen LogP contribution in [0.25, 0.3) is 0 Å². The van der Waals surface area contributed by atoms with Crippen molar-refractivity contribution < 1.29 is 9.53 Å². The quantitative estimate of drug-likeness (QED) is 0.615. The Bertz CT molecular complexity index is 1100. The van der Waals surface area contributed by atoms with E-state index in [1.54, 1.807) is 11.8 Å². The molecule has 1 aliphatic heterocycles. The van der Waals surface area contributed by atoms with Crippen molar-refractivity contribution in [2.75, 3.05) is 17.7 Å². The van der Waals surface area contributed by atoms with E-state index in [1.807, 2.05) is 56.3 Å². The van der Waals surface area contributed by atoms with Crippen LogP contribution in [0.3, 0.4) is 0 Å². The molecule has 2 heterocycles. The highest BCUT2D eigenvalue weighted by Crippen LogP contribution is 2.36. The molecule has 0 aliphatic carbocycles.